The molecule has 26 heavy (non-hydrogen) atoms. The summed E-state index contributed by atoms with van der Waals surface area (Å²) in [6.07, 6.45) is 0. The molecule has 3 aromatic rings. The number of carbonyl (C=O) groups excluding carboxylic acids is 1. The second-order valence-electron chi connectivity index (χ2n) is 5.73. The van der Waals surface area contributed by atoms with E-state index in [2.05, 4.69) is 0 Å². The standard InChI is InChI=1S/C21H16O5/c1-13-7-12-17(21(24)25)20(23)18(13)19(22)14-8-10-16(11-9-14)26-15-5-3-2-4-6-15/h2-12,23H,1H3,(H,24,25). The average Bonchev–Trinajstić information content (AvgIpc) is 2.63. The van der Waals surface area contributed by atoms with Gasteiger partial charge in [-0.05, 0) is 55.0 Å². The van der Waals surface area contributed by atoms with Crippen LogP contribution >= 0.6 is 0 Å². The molecule has 0 atom stereocenters. The lowest BCUT2D eigenvalue weighted by Crippen LogP contribution is -2.08. The molecule has 0 heterocycles. The summed E-state index contributed by atoms with van der Waals surface area (Å²) in [5.74, 6) is -1.02. The van der Waals surface area contributed by atoms with Crippen LogP contribution < -0.4 is 4.74 Å². The Labute approximate surface area is 150 Å². The maximum absolute atomic E-state index is 12.7. The van der Waals surface area contributed by atoms with Gasteiger partial charge in [0.1, 0.15) is 22.8 Å². The first-order valence-corrected chi connectivity index (χ1v) is 7.91. The summed E-state index contributed by atoms with van der Waals surface area (Å²) in [6, 6.07) is 18.5. The molecule has 0 spiro atoms. The molecule has 5 heteroatoms. The van der Waals surface area contributed by atoms with Crippen molar-refractivity contribution in [1.29, 1.82) is 0 Å². The normalized spacial score (nSPS) is 10.3. The van der Waals surface area contributed by atoms with Crippen LogP contribution in [0.15, 0.2) is 66.7 Å². The third kappa shape index (κ3) is 3.42. The summed E-state index contributed by atoms with van der Waals surface area (Å²) in [7, 11) is 0. The third-order valence-corrected chi connectivity index (χ3v) is 3.94. The van der Waals surface area contributed by atoms with Crippen molar-refractivity contribution in [3.05, 3.63) is 89.0 Å². The number of aromatic hydroxyl groups is 1. The fourth-order valence-corrected chi connectivity index (χ4v) is 2.59. The first kappa shape index (κ1) is 17.2. The molecule has 130 valence electrons. The molecular weight excluding hydrogens is 332 g/mol. The topological polar surface area (TPSA) is 83.8 Å². The number of phenols is 1. The molecule has 0 unspecified atom stereocenters. The number of hydrogen-bond acceptors (Lipinski definition) is 4. The quantitative estimate of drug-likeness (QED) is 0.667. The lowest BCUT2D eigenvalue weighted by Gasteiger charge is -2.11. The number of aromatic carboxylic acids is 1. The van der Waals surface area contributed by atoms with Crippen LogP contribution in [0.4, 0.5) is 0 Å². The molecule has 5 nitrogen and oxygen atoms in total. The van der Waals surface area contributed by atoms with E-state index in [1.807, 2.05) is 30.3 Å². The van der Waals surface area contributed by atoms with Crippen molar-refractivity contribution in [3.63, 3.8) is 0 Å². The van der Waals surface area contributed by atoms with Crippen molar-refractivity contribution in [2.45, 2.75) is 6.92 Å². The van der Waals surface area contributed by atoms with Crippen LogP contribution in [0, 0.1) is 6.92 Å². The number of carboxylic acid groups (broad SMARTS) is 1. The molecule has 0 radical (unpaired) electrons. The van der Waals surface area contributed by atoms with Crippen molar-refractivity contribution >= 4 is 11.8 Å². The van der Waals surface area contributed by atoms with Gasteiger partial charge in [-0.1, -0.05) is 24.3 Å². The SMILES string of the molecule is Cc1ccc(C(=O)O)c(O)c1C(=O)c1ccc(Oc2ccccc2)cc1. The van der Waals surface area contributed by atoms with Crippen molar-refractivity contribution in [2.75, 3.05) is 0 Å². The van der Waals surface area contributed by atoms with Crippen LogP contribution in [0.3, 0.4) is 0 Å². The first-order chi connectivity index (χ1) is 12.5. The number of benzene rings is 3. The lowest BCUT2D eigenvalue weighted by molar-refractivity contribution is 0.0693. The second-order valence-corrected chi connectivity index (χ2v) is 5.73. The van der Waals surface area contributed by atoms with Gasteiger partial charge < -0.3 is 14.9 Å². The van der Waals surface area contributed by atoms with Gasteiger partial charge in [-0.15, -0.1) is 0 Å². The van der Waals surface area contributed by atoms with E-state index in [1.165, 1.54) is 12.1 Å². The zero-order valence-electron chi connectivity index (χ0n) is 14.0. The Kier molecular flexibility index (Phi) is 4.71. The van der Waals surface area contributed by atoms with E-state index in [0.29, 0.717) is 22.6 Å². The maximum atomic E-state index is 12.7. The van der Waals surface area contributed by atoms with Gasteiger partial charge in [0, 0.05) is 5.56 Å². The summed E-state index contributed by atoms with van der Waals surface area (Å²) in [5.41, 5.74) is 0.512. The average molecular weight is 348 g/mol. The molecule has 0 aromatic heterocycles. The molecule has 0 saturated carbocycles. The molecule has 0 aliphatic rings. The number of aryl methyl sites for hydroxylation is 1. The minimum absolute atomic E-state index is 0.0124. The highest BCUT2D eigenvalue weighted by Crippen LogP contribution is 2.29. The third-order valence-electron chi connectivity index (χ3n) is 3.94. The number of ether oxygens (including phenoxy) is 1. The molecule has 0 amide bonds. The fourth-order valence-electron chi connectivity index (χ4n) is 2.59. The van der Waals surface area contributed by atoms with E-state index in [9.17, 15) is 14.7 Å². The second kappa shape index (κ2) is 7.11. The maximum Gasteiger partial charge on any atom is 0.339 e. The summed E-state index contributed by atoms with van der Waals surface area (Å²) < 4.78 is 5.68. The fraction of sp³-hybridized carbons (Fsp3) is 0.0476. The number of carbonyl (C=O) groups is 2. The molecule has 0 bridgehead atoms. The van der Waals surface area contributed by atoms with Crippen molar-refractivity contribution < 1.29 is 24.5 Å². The highest BCUT2D eigenvalue weighted by atomic mass is 16.5. The van der Waals surface area contributed by atoms with Gasteiger partial charge in [-0.3, -0.25) is 4.79 Å². The van der Waals surface area contributed by atoms with E-state index >= 15 is 0 Å². The molecule has 0 fully saturated rings. The van der Waals surface area contributed by atoms with E-state index in [-0.39, 0.29) is 11.1 Å². The monoisotopic (exact) mass is 348 g/mol. The molecule has 2 N–H and O–H groups in total. The number of hydrogen-bond donors (Lipinski definition) is 2. The van der Waals surface area contributed by atoms with Gasteiger partial charge in [0.15, 0.2) is 5.78 Å². The van der Waals surface area contributed by atoms with E-state index < -0.39 is 17.5 Å². The Bertz CT molecular complexity index is 960. The number of para-hydroxylation sites is 1. The minimum atomic E-state index is -1.29. The van der Waals surface area contributed by atoms with E-state index in [0.717, 1.165) is 0 Å². The van der Waals surface area contributed by atoms with Crippen LogP contribution in [-0.4, -0.2) is 22.0 Å². The highest BCUT2D eigenvalue weighted by Gasteiger charge is 2.21. The highest BCUT2D eigenvalue weighted by molar-refractivity contribution is 6.13. The minimum Gasteiger partial charge on any atom is -0.506 e. The van der Waals surface area contributed by atoms with Crippen LogP contribution in [0.25, 0.3) is 0 Å². The van der Waals surface area contributed by atoms with Gasteiger partial charge in [-0.25, -0.2) is 4.79 Å². The Morgan fingerprint density at radius 1 is 0.846 bits per heavy atom. The molecule has 3 aromatic carbocycles. The number of ketones is 1. The van der Waals surface area contributed by atoms with Gasteiger partial charge in [-0.2, -0.15) is 0 Å². The van der Waals surface area contributed by atoms with Gasteiger partial charge in [0.25, 0.3) is 0 Å². The molecule has 0 saturated heterocycles. The Morgan fingerprint density at radius 2 is 1.46 bits per heavy atom. The van der Waals surface area contributed by atoms with E-state index in [4.69, 9.17) is 9.84 Å². The molecular formula is C21H16O5. The van der Waals surface area contributed by atoms with E-state index in [1.54, 1.807) is 31.2 Å². The van der Waals surface area contributed by atoms with Crippen LogP contribution in [0.5, 0.6) is 17.2 Å². The zero-order valence-corrected chi connectivity index (χ0v) is 14.0. The van der Waals surface area contributed by atoms with Gasteiger partial charge in [0.05, 0.1) is 5.56 Å². The summed E-state index contributed by atoms with van der Waals surface area (Å²) in [6.45, 7) is 1.64. The molecule has 3 rings (SSSR count). The summed E-state index contributed by atoms with van der Waals surface area (Å²) in [5, 5.41) is 19.3. The Balaban J connectivity index is 1.89. The van der Waals surface area contributed by atoms with Crippen molar-refractivity contribution in [1.82, 2.24) is 0 Å². The lowest BCUT2D eigenvalue weighted by atomic mass is 9.95. The Morgan fingerprint density at radius 3 is 2.08 bits per heavy atom. The van der Waals surface area contributed by atoms with Gasteiger partial charge in [0.2, 0.25) is 0 Å². The van der Waals surface area contributed by atoms with Crippen molar-refractivity contribution in [3.8, 4) is 17.2 Å². The number of carboxylic acids is 1. The molecule has 0 aliphatic heterocycles. The zero-order chi connectivity index (χ0) is 18.7. The van der Waals surface area contributed by atoms with Gasteiger partial charge >= 0.3 is 5.97 Å². The summed E-state index contributed by atoms with van der Waals surface area (Å²) >= 11 is 0. The predicted octanol–water partition coefficient (Wildman–Crippen LogP) is 4.42. The van der Waals surface area contributed by atoms with Crippen LogP contribution in [0.2, 0.25) is 0 Å². The Hall–Kier alpha value is -3.60. The first-order valence-electron chi connectivity index (χ1n) is 7.91. The smallest absolute Gasteiger partial charge is 0.339 e. The van der Waals surface area contributed by atoms with Crippen LogP contribution in [0.1, 0.15) is 31.8 Å². The summed E-state index contributed by atoms with van der Waals surface area (Å²) in [4.78, 5) is 23.9. The van der Waals surface area contributed by atoms with Crippen molar-refractivity contribution in [2.24, 2.45) is 0 Å². The van der Waals surface area contributed by atoms with Crippen LogP contribution in [-0.2, 0) is 0 Å². The molecule has 0 aliphatic carbocycles. The number of rotatable bonds is 5. The largest absolute Gasteiger partial charge is 0.506 e. The predicted molar refractivity (Wildman–Crippen MR) is 96.2 cm³/mol.